The Kier molecular flexibility index (Phi) is 4.53. The van der Waals surface area contributed by atoms with Gasteiger partial charge in [-0.15, -0.1) is 11.3 Å². The summed E-state index contributed by atoms with van der Waals surface area (Å²) in [7, 11) is 0. The van der Waals surface area contributed by atoms with E-state index in [1.165, 1.54) is 4.90 Å². The fourth-order valence-electron chi connectivity index (χ4n) is 2.42. The van der Waals surface area contributed by atoms with E-state index in [1.807, 2.05) is 31.4 Å². The van der Waals surface area contributed by atoms with Gasteiger partial charge in [0.15, 0.2) is 0 Å². The number of carbonyl (C=O) groups is 2. The van der Waals surface area contributed by atoms with E-state index in [1.54, 1.807) is 11.3 Å². The second-order valence-electron chi connectivity index (χ2n) is 5.92. The Morgan fingerprint density at radius 3 is 2.81 bits per heavy atom. The van der Waals surface area contributed by atoms with Gasteiger partial charge >= 0.3 is 12.0 Å². The number of likely N-dealkylation sites (tertiary alicyclic amines) is 1. The zero-order valence-corrected chi connectivity index (χ0v) is 12.9. The molecule has 3 N–H and O–H groups in total. The zero-order valence-electron chi connectivity index (χ0n) is 12.1. The Morgan fingerprint density at radius 1 is 1.52 bits per heavy atom. The van der Waals surface area contributed by atoms with Crippen molar-refractivity contribution in [2.45, 2.75) is 37.8 Å². The predicted molar refractivity (Wildman–Crippen MR) is 79.5 cm³/mol. The summed E-state index contributed by atoms with van der Waals surface area (Å²) in [5.74, 6) is -1.08. The van der Waals surface area contributed by atoms with Gasteiger partial charge in [0.2, 0.25) is 0 Å². The molecule has 1 saturated heterocycles. The van der Waals surface area contributed by atoms with Gasteiger partial charge in [-0.05, 0) is 11.4 Å². The molecule has 1 aromatic rings. The van der Waals surface area contributed by atoms with Gasteiger partial charge in [0, 0.05) is 29.8 Å². The third kappa shape index (κ3) is 3.54. The van der Waals surface area contributed by atoms with Crippen LogP contribution in [0, 0.1) is 0 Å². The van der Waals surface area contributed by atoms with Crippen molar-refractivity contribution in [3.8, 4) is 0 Å². The van der Waals surface area contributed by atoms with Crippen molar-refractivity contribution in [2.24, 2.45) is 0 Å². The third-order valence-electron chi connectivity index (χ3n) is 3.69. The van der Waals surface area contributed by atoms with E-state index < -0.39 is 24.1 Å². The Labute approximate surface area is 127 Å². The maximum Gasteiger partial charge on any atom is 0.326 e. The monoisotopic (exact) mass is 312 g/mol. The van der Waals surface area contributed by atoms with Gasteiger partial charge in [0.05, 0.1) is 6.10 Å². The number of amides is 2. The van der Waals surface area contributed by atoms with Crippen molar-refractivity contribution in [1.82, 2.24) is 10.2 Å². The van der Waals surface area contributed by atoms with Crippen LogP contribution in [-0.4, -0.2) is 52.3 Å². The molecule has 2 heterocycles. The molecule has 2 rings (SSSR count). The average molecular weight is 312 g/mol. The van der Waals surface area contributed by atoms with Crippen LogP contribution in [0.3, 0.4) is 0 Å². The minimum absolute atomic E-state index is 0.0578. The van der Waals surface area contributed by atoms with Crippen molar-refractivity contribution in [2.75, 3.05) is 13.1 Å². The van der Waals surface area contributed by atoms with E-state index >= 15 is 0 Å². The number of carboxylic acids is 1. The fourth-order valence-corrected chi connectivity index (χ4v) is 3.27. The number of aliphatic carboxylic acids is 1. The molecule has 2 atom stereocenters. The maximum atomic E-state index is 12.2. The van der Waals surface area contributed by atoms with Crippen LogP contribution in [0.2, 0.25) is 0 Å². The molecular formula is C14H20N2O4S. The van der Waals surface area contributed by atoms with Gasteiger partial charge in [-0.1, -0.05) is 19.9 Å². The van der Waals surface area contributed by atoms with Gasteiger partial charge in [-0.25, -0.2) is 9.59 Å². The normalized spacial score (nSPS) is 22.3. The summed E-state index contributed by atoms with van der Waals surface area (Å²) in [5, 5.41) is 23.4. The van der Waals surface area contributed by atoms with Crippen LogP contribution in [0.15, 0.2) is 17.5 Å². The molecule has 0 unspecified atom stereocenters. The van der Waals surface area contributed by atoms with Crippen LogP contribution in [0.1, 0.15) is 25.1 Å². The predicted octanol–water partition coefficient (Wildman–Crippen LogP) is 1.26. The number of rotatable bonds is 4. The van der Waals surface area contributed by atoms with Crippen LogP contribution in [0.4, 0.5) is 4.79 Å². The second kappa shape index (κ2) is 6.03. The van der Waals surface area contributed by atoms with E-state index in [9.17, 15) is 14.7 Å². The first-order valence-corrected chi connectivity index (χ1v) is 7.68. The average Bonchev–Trinajstić information content (AvgIpc) is 3.05. The summed E-state index contributed by atoms with van der Waals surface area (Å²) in [4.78, 5) is 25.6. The van der Waals surface area contributed by atoms with Crippen LogP contribution < -0.4 is 5.32 Å². The molecule has 2 amide bonds. The zero-order chi connectivity index (χ0) is 15.6. The molecular weight excluding hydrogens is 292 g/mol. The third-order valence-corrected chi connectivity index (χ3v) is 4.93. The minimum Gasteiger partial charge on any atom is -0.480 e. The molecule has 0 saturated carbocycles. The highest BCUT2D eigenvalue weighted by Crippen LogP contribution is 2.27. The summed E-state index contributed by atoms with van der Waals surface area (Å²) in [6.07, 6.45) is -0.695. The molecule has 1 fully saturated rings. The molecule has 21 heavy (non-hydrogen) atoms. The number of urea groups is 1. The number of hydrogen-bond donors (Lipinski definition) is 3. The Balaban J connectivity index is 1.97. The lowest BCUT2D eigenvalue weighted by Crippen LogP contribution is -2.48. The quantitative estimate of drug-likeness (QED) is 0.780. The molecule has 0 bridgehead atoms. The lowest BCUT2D eigenvalue weighted by atomic mass is 9.91. The summed E-state index contributed by atoms with van der Waals surface area (Å²) < 4.78 is 0. The molecule has 0 spiro atoms. The highest BCUT2D eigenvalue weighted by Gasteiger charge is 2.39. The number of hydrogen-bond acceptors (Lipinski definition) is 4. The highest BCUT2D eigenvalue weighted by molar-refractivity contribution is 7.10. The van der Waals surface area contributed by atoms with Gasteiger partial charge < -0.3 is 20.4 Å². The van der Waals surface area contributed by atoms with Gasteiger partial charge in [0.25, 0.3) is 0 Å². The molecule has 0 aromatic carbocycles. The SMILES string of the molecule is CC(C)(CNC(=O)N1C[C@@H](O)C[C@H]1C(=O)O)c1cccs1. The minimum atomic E-state index is -1.08. The van der Waals surface area contributed by atoms with Crippen molar-refractivity contribution in [3.05, 3.63) is 22.4 Å². The summed E-state index contributed by atoms with van der Waals surface area (Å²) in [5.41, 5.74) is -0.221. The first kappa shape index (κ1) is 15.8. The standard InChI is InChI=1S/C14H20N2O4S/c1-14(2,11-4-3-5-21-11)8-15-13(20)16-7-9(17)6-10(16)12(18)19/h3-5,9-10,17H,6-8H2,1-2H3,(H,15,20)(H,18,19)/t9-,10-/m0/s1. The lowest BCUT2D eigenvalue weighted by molar-refractivity contribution is -0.141. The van der Waals surface area contributed by atoms with Crippen LogP contribution >= 0.6 is 11.3 Å². The Hall–Kier alpha value is -1.60. The number of carbonyl (C=O) groups excluding carboxylic acids is 1. The van der Waals surface area contributed by atoms with Crippen LogP contribution in [0.5, 0.6) is 0 Å². The largest absolute Gasteiger partial charge is 0.480 e. The lowest BCUT2D eigenvalue weighted by Gasteiger charge is -2.27. The first-order chi connectivity index (χ1) is 9.81. The van der Waals surface area contributed by atoms with E-state index in [4.69, 9.17) is 5.11 Å². The first-order valence-electron chi connectivity index (χ1n) is 6.80. The Morgan fingerprint density at radius 2 is 2.24 bits per heavy atom. The molecule has 0 aliphatic carbocycles. The highest BCUT2D eigenvalue weighted by atomic mass is 32.1. The molecule has 1 aromatic heterocycles. The number of nitrogens with one attached hydrogen (secondary N) is 1. The van der Waals surface area contributed by atoms with E-state index in [-0.39, 0.29) is 18.4 Å². The fraction of sp³-hybridized carbons (Fsp3) is 0.571. The topological polar surface area (TPSA) is 89.9 Å². The smallest absolute Gasteiger partial charge is 0.326 e. The molecule has 7 heteroatoms. The van der Waals surface area contributed by atoms with Crippen LogP contribution in [-0.2, 0) is 10.2 Å². The van der Waals surface area contributed by atoms with E-state index in [0.29, 0.717) is 6.54 Å². The summed E-state index contributed by atoms with van der Waals surface area (Å²) >= 11 is 1.62. The van der Waals surface area contributed by atoms with Crippen molar-refractivity contribution in [3.63, 3.8) is 0 Å². The number of thiophene rings is 1. The van der Waals surface area contributed by atoms with Crippen molar-refractivity contribution >= 4 is 23.3 Å². The Bertz CT molecular complexity index is 515. The molecule has 116 valence electrons. The number of nitrogens with zero attached hydrogens (tertiary/aromatic N) is 1. The maximum absolute atomic E-state index is 12.2. The van der Waals surface area contributed by atoms with Crippen LogP contribution in [0.25, 0.3) is 0 Å². The van der Waals surface area contributed by atoms with Crippen molar-refractivity contribution in [1.29, 1.82) is 0 Å². The number of aliphatic hydroxyl groups excluding tert-OH is 1. The van der Waals surface area contributed by atoms with Gasteiger partial charge in [-0.2, -0.15) is 0 Å². The summed E-state index contributed by atoms with van der Waals surface area (Å²) in [6, 6.07) is 2.57. The van der Waals surface area contributed by atoms with Gasteiger partial charge in [0.1, 0.15) is 6.04 Å². The molecule has 0 radical (unpaired) electrons. The number of carboxylic acid groups (broad SMARTS) is 1. The summed E-state index contributed by atoms with van der Waals surface area (Å²) in [6.45, 7) is 4.51. The molecule has 1 aliphatic heterocycles. The van der Waals surface area contributed by atoms with E-state index in [0.717, 1.165) is 4.88 Å². The van der Waals surface area contributed by atoms with Crippen molar-refractivity contribution < 1.29 is 19.8 Å². The van der Waals surface area contributed by atoms with E-state index in [2.05, 4.69) is 5.32 Å². The second-order valence-corrected chi connectivity index (χ2v) is 6.86. The number of aliphatic hydroxyl groups is 1. The number of β-amino-alcohol motifs (C(OH)–C–C–N with tert-alkyl or cyclic N) is 1. The molecule has 1 aliphatic rings. The van der Waals surface area contributed by atoms with Gasteiger partial charge in [-0.3, -0.25) is 0 Å². The molecule has 6 nitrogen and oxygen atoms in total.